The van der Waals surface area contributed by atoms with Gasteiger partial charge in [-0.05, 0) is 50.8 Å². The Hall–Kier alpha value is -4.87. The van der Waals surface area contributed by atoms with E-state index in [9.17, 15) is 4.79 Å². The van der Waals surface area contributed by atoms with Crippen LogP contribution in [0.5, 0.6) is 5.75 Å². The summed E-state index contributed by atoms with van der Waals surface area (Å²) in [6.45, 7) is 5.32. The predicted octanol–water partition coefficient (Wildman–Crippen LogP) is 5.46. The summed E-state index contributed by atoms with van der Waals surface area (Å²) in [4.78, 5) is 24.4. The number of carbonyl (C=O) groups excluding carboxylic acids is 1. The third-order valence-corrected chi connectivity index (χ3v) is 8.16. The first-order valence-electron chi connectivity index (χ1n) is 17.3. The number of hydrogen-bond acceptors (Lipinski definition) is 7. The number of benzene rings is 2. The van der Waals surface area contributed by atoms with Crippen LogP contribution in [-0.4, -0.2) is 70.6 Å². The fourth-order valence-corrected chi connectivity index (χ4v) is 5.52. The maximum absolute atomic E-state index is 13.5. The number of amides is 2. The van der Waals surface area contributed by atoms with Gasteiger partial charge < -0.3 is 26.4 Å². The van der Waals surface area contributed by atoms with E-state index in [1.165, 1.54) is 0 Å². The first kappa shape index (κ1) is 36.0. The van der Waals surface area contributed by atoms with Crippen molar-refractivity contribution in [3.63, 3.8) is 0 Å². The maximum Gasteiger partial charge on any atom is 0.324 e. The van der Waals surface area contributed by atoms with Crippen molar-refractivity contribution < 1.29 is 9.53 Å². The largest absolute Gasteiger partial charge is 0.493 e. The van der Waals surface area contributed by atoms with Crippen LogP contribution in [-0.2, 0) is 0 Å². The van der Waals surface area contributed by atoms with Gasteiger partial charge in [0, 0.05) is 25.2 Å². The van der Waals surface area contributed by atoms with Crippen molar-refractivity contribution in [3.05, 3.63) is 84.2 Å². The lowest BCUT2D eigenvalue weighted by atomic mass is 10.0. The Bertz CT molecular complexity index is 1470. The quantitative estimate of drug-likeness (QED) is 0.0823. The minimum Gasteiger partial charge on any atom is -0.493 e. The zero-order valence-corrected chi connectivity index (χ0v) is 28.3. The molecule has 1 atom stereocenters. The van der Waals surface area contributed by atoms with Crippen LogP contribution in [0.2, 0.25) is 0 Å². The van der Waals surface area contributed by atoms with Crippen LogP contribution in [0.4, 0.5) is 4.79 Å². The van der Waals surface area contributed by atoms with E-state index in [4.69, 9.17) is 21.2 Å². The van der Waals surface area contributed by atoms with Gasteiger partial charge in [0.2, 0.25) is 0 Å². The molecule has 1 aliphatic heterocycles. The van der Waals surface area contributed by atoms with Crippen LogP contribution >= 0.6 is 0 Å². The molecule has 0 aliphatic carbocycles. The Morgan fingerprint density at radius 3 is 2.60 bits per heavy atom. The molecule has 0 saturated heterocycles. The van der Waals surface area contributed by atoms with Gasteiger partial charge in [-0.1, -0.05) is 92.3 Å². The molecule has 0 saturated carbocycles. The number of nitrogens with one attached hydrogen (secondary N) is 2. The molecule has 6 N–H and O–H groups in total. The number of aliphatic imine (C=N–C) groups is 2. The molecule has 1 aliphatic rings. The molecule has 2 heterocycles. The number of urea groups is 1. The highest BCUT2D eigenvalue weighted by atomic mass is 16.5. The highest BCUT2D eigenvalue weighted by Crippen LogP contribution is 2.32. The lowest BCUT2D eigenvalue weighted by Crippen LogP contribution is -2.46. The SMILES string of the molecule is C/C=C/CN=C(N)NCCCCCCCCN1CCCCCCOc2ccccc2C(c2cn(-c3ccccc3)nn2)N=C(N)NC1=O. The number of unbranched alkanes of at least 4 members (excludes halogenated alkanes) is 5. The summed E-state index contributed by atoms with van der Waals surface area (Å²) in [6, 6.07) is 16.7. The number of rotatable bonds is 13. The monoisotopic (exact) mass is 656 g/mol. The average Bonchev–Trinajstić information content (AvgIpc) is 3.59. The summed E-state index contributed by atoms with van der Waals surface area (Å²) in [5, 5.41) is 14.8. The number of hydrogen-bond donors (Lipinski definition) is 4. The molecule has 0 fully saturated rings. The van der Waals surface area contributed by atoms with E-state index in [0.717, 1.165) is 82.0 Å². The number of nitrogens with two attached hydrogens (primary N) is 2. The predicted molar refractivity (Wildman–Crippen MR) is 192 cm³/mol. The van der Waals surface area contributed by atoms with Crippen LogP contribution < -0.4 is 26.8 Å². The van der Waals surface area contributed by atoms with Gasteiger partial charge in [0.25, 0.3) is 0 Å². The second-order valence-electron chi connectivity index (χ2n) is 11.9. The zero-order chi connectivity index (χ0) is 33.8. The minimum absolute atomic E-state index is 0.0232. The van der Waals surface area contributed by atoms with Gasteiger partial charge in [-0.15, -0.1) is 5.10 Å². The zero-order valence-electron chi connectivity index (χ0n) is 28.3. The average molecular weight is 657 g/mol. The number of allylic oxidation sites excluding steroid dienone is 1. The third kappa shape index (κ3) is 12.1. The molecule has 0 radical (unpaired) electrons. The van der Waals surface area contributed by atoms with Gasteiger partial charge in [-0.3, -0.25) is 5.32 Å². The number of fused-ring (bicyclic) bond motifs is 1. The molecule has 12 heteroatoms. The number of para-hydroxylation sites is 2. The second-order valence-corrected chi connectivity index (χ2v) is 11.9. The van der Waals surface area contributed by atoms with Gasteiger partial charge in [-0.25, -0.2) is 19.5 Å². The Balaban J connectivity index is 1.36. The Kier molecular flexibility index (Phi) is 15.3. The molecular weight excluding hydrogens is 604 g/mol. The van der Waals surface area contributed by atoms with Crippen molar-refractivity contribution in [2.75, 3.05) is 32.8 Å². The Labute approximate surface area is 284 Å². The molecule has 0 spiro atoms. The summed E-state index contributed by atoms with van der Waals surface area (Å²) in [7, 11) is 0. The van der Waals surface area contributed by atoms with Crippen molar-refractivity contribution >= 4 is 18.0 Å². The van der Waals surface area contributed by atoms with E-state index in [-0.39, 0.29) is 12.0 Å². The Morgan fingerprint density at radius 2 is 1.77 bits per heavy atom. The number of carbonyl (C=O) groups is 1. The van der Waals surface area contributed by atoms with Crippen LogP contribution in [0, 0.1) is 0 Å². The number of aromatic nitrogens is 3. The van der Waals surface area contributed by atoms with Crippen LogP contribution in [0.3, 0.4) is 0 Å². The highest BCUT2D eigenvalue weighted by molar-refractivity contribution is 5.95. The number of ether oxygens (including phenoxy) is 1. The number of guanidine groups is 2. The van der Waals surface area contributed by atoms with Crippen LogP contribution in [0.25, 0.3) is 5.69 Å². The molecule has 0 bridgehead atoms. The minimum atomic E-state index is -0.630. The lowest BCUT2D eigenvalue weighted by molar-refractivity contribution is 0.200. The molecule has 1 unspecified atom stereocenters. The maximum atomic E-state index is 13.5. The summed E-state index contributed by atoms with van der Waals surface area (Å²) < 4.78 is 7.94. The van der Waals surface area contributed by atoms with E-state index in [1.54, 1.807) is 4.68 Å². The summed E-state index contributed by atoms with van der Waals surface area (Å²) in [5.74, 6) is 1.23. The first-order valence-corrected chi connectivity index (χ1v) is 17.3. The standard InChI is InChI=1S/C36H52N10O2/c1-2-3-23-39-34(37)40-24-15-6-4-5-7-16-25-45-26-17-8-9-18-27-48-32-22-14-13-21-30(32)33(41-35(38)42-36(45)47)31-28-46(44-43-31)29-19-11-10-12-20-29/h2-3,10-14,19-22,28,33H,4-9,15-18,23-27H2,1H3,(H3,37,39,40)(H3,38,41,42,47)/b3-2+. The molecule has 12 nitrogen and oxygen atoms in total. The van der Waals surface area contributed by atoms with Gasteiger partial charge in [0.1, 0.15) is 17.5 Å². The van der Waals surface area contributed by atoms with Crippen molar-refractivity contribution in [2.45, 2.75) is 77.2 Å². The van der Waals surface area contributed by atoms with Gasteiger partial charge in [0.15, 0.2) is 11.9 Å². The molecule has 1 aromatic heterocycles. The molecule has 3 aromatic rings. The molecular formula is C36H52N10O2. The van der Waals surface area contributed by atoms with Crippen molar-refractivity contribution in [1.29, 1.82) is 0 Å². The molecule has 48 heavy (non-hydrogen) atoms. The normalized spacial score (nSPS) is 16.7. The lowest BCUT2D eigenvalue weighted by Gasteiger charge is -2.23. The van der Waals surface area contributed by atoms with E-state index >= 15 is 0 Å². The third-order valence-electron chi connectivity index (χ3n) is 8.16. The van der Waals surface area contributed by atoms with Crippen molar-refractivity contribution in [3.8, 4) is 11.4 Å². The summed E-state index contributed by atoms with van der Waals surface area (Å²) >= 11 is 0. The van der Waals surface area contributed by atoms with Gasteiger partial charge in [-0.2, -0.15) is 0 Å². The Morgan fingerprint density at radius 1 is 1.02 bits per heavy atom. The van der Waals surface area contributed by atoms with E-state index in [2.05, 4.69) is 25.9 Å². The first-order chi connectivity index (χ1) is 23.5. The van der Waals surface area contributed by atoms with Crippen LogP contribution in [0.15, 0.2) is 82.9 Å². The van der Waals surface area contributed by atoms with Crippen molar-refractivity contribution in [1.82, 2.24) is 30.5 Å². The molecule has 258 valence electrons. The van der Waals surface area contributed by atoms with Crippen LogP contribution in [0.1, 0.15) is 88.4 Å². The fraction of sp³-hybridized carbons (Fsp3) is 0.472. The molecule has 4 rings (SSSR count). The van der Waals surface area contributed by atoms with E-state index < -0.39 is 6.04 Å². The second kappa shape index (κ2) is 20.4. The van der Waals surface area contributed by atoms with E-state index in [0.29, 0.717) is 43.6 Å². The molecule has 2 amide bonds. The highest BCUT2D eigenvalue weighted by Gasteiger charge is 2.23. The smallest absolute Gasteiger partial charge is 0.324 e. The topological polar surface area (TPSA) is 161 Å². The fourth-order valence-electron chi connectivity index (χ4n) is 5.52. The van der Waals surface area contributed by atoms with Gasteiger partial charge >= 0.3 is 6.03 Å². The summed E-state index contributed by atoms with van der Waals surface area (Å²) in [6.07, 6.45) is 16.1. The summed E-state index contributed by atoms with van der Waals surface area (Å²) in [5.41, 5.74) is 14.6. The van der Waals surface area contributed by atoms with Gasteiger partial charge in [0.05, 0.1) is 25.0 Å². The van der Waals surface area contributed by atoms with Crippen molar-refractivity contribution in [2.24, 2.45) is 21.5 Å². The number of nitrogens with zero attached hydrogens (tertiary/aromatic N) is 6. The molecule has 2 aromatic carbocycles. The van der Waals surface area contributed by atoms with E-state index in [1.807, 2.05) is 84.8 Å².